The summed E-state index contributed by atoms with van der Waals surface area (Å²) in [6.07, 6.45) is 5.44. The molecule has 4 aromatic rings. The Hall–Kier alpha value is -6.08. The summed E-state index contributed by atoms with van der Waals surface area (Å²) in [5.41, 5.74) is 9.32. The average Bonchev–Trinajstić information content (AvgIpc) is 4.03. The second-order valence-corrected chi connectivity index (χ2v) is 22.7. The predicted molar refractivity (Wildman–Crippen MR) is 280 cm³/mol. The van der Waals surface area contributed by atoms with Crippen molar-refractivity contribution in [3.63, 3.8) is 0 Å². The van der Waals surface area contributed by atoms with E-state index >= 15 is 0 Å². The number of ether oxygens (including phenoxy) is 2. The van der Waals surface area contributed by atoms with Gasteiger partial charge in [-0.2, -0.15) is 0 Å². The second kappa shape index (κ2) is 20.7. The smallest absolute Gasteiger partial charge is 0.324 e. The molecule has 388 valence electrons. The maximum Gasteiger partial charge on any atom is 0.324 e. The number of carbonyl (C=O) groups excluding carboxylic acids is 5. The summed E-state index contributed by atoms with van der Waals surface area (Å²) in [6, 6.07) is 16.0. The first-order valence-electron chi connectivity index (χ1n) is 26.5. The van der Waals surface area contributed by atoms with Crippen LogP contribution in [0.2, 0.25) is 0 Å². The Kier molecular flexibility index (Phi) is 14.7. The van der Waals surface area contributed by atoms with Crippen molar-refractivity contribution < 1.29 is 33.4 Å². The fraction of sp³-hybridized carbons (Fsp3) is 0.552. The Morgan fingerprint density at radius 1 is 0.973 bits per heavy atom. The average molecular weight is 995 g/mol. The number of nitrogens with one attached hydrogen (secondary N) is 2. The Bertz CT molecular complexity index is 2860. The van der Waals surface area contributed by atoms with Gasteiger partial charge in [-0.05, 0) is 125 Å². The van der Waals surface area contributed by atoms with E-state index in [9.17, 15) is 24.0 Å². The lowest BCUT2D eigenvalue weighted by atomic mass is 9.84. The third-order valence-corrected chi connectivity index (χ3v) is 16.2. The highest BCUT2D eigenvalue weighted by atomic mass is 16.5. The molecule has 2 aromatic carbocycles. The molecule has 0 unspecified atom stereocenters. The summed E-state index contributed by atoms with van der Waals surface area (Å²) >= 11 is 0. The number of pyridine rings is 1. The van der Waals surface area contributed by atoms with Gasteiger partial charge in [0.15, 0.2) is 0 Å². The van der Waals surface area contributed by atoms with Crippen molar-refractivity contribution in [2.45, 2.75) is 137 Å². The van der Waals surface area contributed by atoms with E-state index in [0.717, 1.165) is 69.6 Å². The first-order valence-corrected chi connectivity index (χ1v) is 26.5. The van der Waals surface area contributed by atoms with Crippen molar-refractivity contribution in [2.24, 2.45) is 16.7 Å². The number of aryl methyl sites for hydroxylation is 1. The maximum absolute atomic E-state index is 14.9. The molecule has 4 fully saturated rings. The van der Waals surface area contributed by atoms with Crippen LogP contribution in [0.3, 0.4) is 0 Å². The standard InChI is InChI=1S/C58H74N8O7/c1-10-64-47-20-19-41-33-43(47)44(51(64)42-17-12-25-59-49(42)38(4)72-9)34-56(5,6)36-73-54(70)45-18-13-28-66(61-45)53(69)46(32-39-15-11-16-40(41)31-39)60-52(68)50(37(2)3)65-30-24-58(55(65)71)23-29-62(35-58)48(67)21-22-57(7,8)63-26-14-27-63/h11-12,15-17,19-20,25,31,33,37-38,45-46,50,61H,10,13-14,18,23-24,26-30,32,34-36H2,1-9H3,(H,60,68)/t38-,45-,46-,50-,58+/m0/s1. The van der Waals surface area contributed by atoms with Crippen molar-refractivity contribution in [3.8, 4) is 34.2 Å². The Morgan fingerprint density at radius 3 is 2.47 bits per heavy atom. The van der Waals surface area contributed by atoms with Crippen LogP contribution in [0.25, 0.3) is 33.3 Å². The summed E-state index contributed by atoms with van der Waals surface area (Å²) in [5.74, 6) is 4.07. The van der Waals surface area contributed by atoms with Crippen LogP contribution < -0.4 is 10.7 Å². The molecule has 15 nitrogen and oxygen atoms in total. The lowest BCUT2D eigenvalue weighted by molar-refractivity contribution is -0.155. The van der Waals surface area contributed by atoms with E-state index in [1.165, 1.54) is 5.01 Å². The lowest BCUT2D eigenvalue weighted by Crippen LogP contribution is -2.62. The molecule has 0 saturated carbocycles. The number of amides is 4. The van der Waals surface area contributed by atoms with E-state index in [-0.39, 0.29) is 49.3 Å². The minimum atomic E-state index is -1.05. The third-order valence-electron chi connectivity index (χ3n) is 16.2. The third kappa shape index (κ3) is 10.3. The zero-order valence-corrected chi connectivity index (χ0v) is 44.3. The minimum Gasteiger partial charge on any atom is -0.464 e. The number of likely N-dealkylation sites (tertiary alicyclic amines) is 3. The van der Waals surface area contributed by atoms with Crippen LogP contribution in [0, 0.1) is 28.6 Å². The molecule has 5 aliphatic heterocycles. The molecular formula is C58H74N8O7. The zero-order chi connectivity index (χ0) is 52.0. The lowest BCUT2D eigenvalue weighted by Gasteiger charge is -2.41. The number of esters is 1. The molecule has 0 radical (unpaired) electrons. The van der Waals surface area contributed by atoms with E-state index in [2.05, 4.69) is 89.2 Å². The van der Waals surface area contributed by atoms with Gasteiger partial charge in [0, 0.05) is 87.4 Å². The van der Waals surface area contributed by atoms with Crippen molar-refractivity contribution >= 4 is 40.5 Å². The van der Waals surface area contributed by atoms with Crippen molar-refractivity contribution in [3.05, 3.63) is 77.6 Å². The van der Waals surface area contributed by atoms with Crippen LogP contribution in [0.5, 0.6) is 0 Å². The molecular weight excluding hydrogens is 921 g/mol. The first-order chi connectivity index (χ1) is 34.8. The van der Waals surface area contributed by atoms with Gasteiger partial charge < -0.3 is 29.2 Å². The predicted octanol–water partition coefficient (Wildman–Crippen LogP) is 6.71. The number of nitrogens with zero attached hydrogens (tertiary/aromatic N) is 6. The molecule has 2 aromatic heterocycles. The number of hydrogen-bond donors (Lipinski definition) is 2. The van der Waals surface area contributed by atoms with Crippen LogP contribution in [0.4, 0.5) is 0 Å². The van der Waals surface area contributed by atoms with Gasteiger partial charge in [-0.3, -0.25) is 38.9 Å². The van der Waals surface area contributed by atoms with E-state index < -0.39 is 46.4 Å². The molecule has 1 spiro atoms. The fourth-order valence-electron chi connectivity index (χ4n) is 11.8. The molecule has 5 atom stereocenters. The first kappa shape index (κ1) is 51.8. The van der Waals surface area contributed by atoms with Gasteiger partial charge in [0.2, 0.25) is 11.8 Å². The molecule has 4 amide bonds. The molecule has 0 aliphatic carbocycles. The fourth-order valence-corrected chi connectivity index (χ4v) is 11.8. The molecule has 9 rings (SSSR count). The number of aromatic nitrogens is 2. The van der Waals surface area contributed by atoms with Gasteiger partial charge in [0.1, 0.15) is 18.1 Å². The van der Waals surface area contributed by atoms with Crippen LogP contribution in [0.15, 0.2) is 60.8 Å². The molecule has 4 saturated heterocycles. The van der Waals surface area contributed by atoms with Gasteiger partial charge >= 0.3 is 5.97 Å². The quantitative estimate of drug-likeness (QED) is 0.137. The van der Waals surface area contributed by atoms with E-state index in [0.29, 0.717) is 58.3 Å². The highest BCUT2D eigenvalue weighted by Crippen LogP contribution is 2.44. The second-order valence-electron chi connectivity index (χ2n) is 22.7. The summed E-state index contributed by atoms with van der Waals surface area (Å²) in [6.45, 7) is 20.4. The Balaban J connectivity index is 1.03. The van der Waals surface area contributed by atoms with Gasteiger partial charge in [0.25, 0.3) is 11.8 Å². The number of benzene rings is 2. The number of hydrogen-bond acceptors (Lipinski definition) is 10. The summed E-state index contributed by atoms with van der Waals surface area (Å²) in [4.78, 5) is 82.3. The number of cyclic esters (lactones) is 1. The summed E-state index contributed by atoms with van der Waals surface area (Å²) in [5, 5.41) is 5.68. The molecule has 15 heteroatoms. The van der Waals surface area contributed by atoms with Crippen LogP contribution in [-0.2, 0) is 52.8 Å². The van der Waals surface area contributed by atoms with Gasteiger partial charge in [0.05, 0.1) is 35.1 Å². The maximum atomic E-state index is 14.9. The van der Waals surface area contributed by atoms with Gasteiger partial charge in [-0.1, -0.05) is 63.9 Å². The number of methoxy groups -OCH3 is 1. The van der Waals surface area contributed by atoms with E-state index in [1.54, 1.807) is 23.1 Å². The van der Waals surface area contributed by atoms with Crippen molar-refractivity contribution in [1.29, 1.82) is 0 Å². The number of fused-ring (bicyclic) bond motifs is 6. The molecule has 6 bridgehead atoms. The summed E-state index contributed by atoms with van der Waals surface area (Å²) < 4.78 is 14.3. The SMILES string of the molecule is CCn1c(-c2cccnc2[C@H](C)OC)c2c3cc(ccc31)-c1cccc(c1)C[C@H](NC(=O)[C@H](C(C)C)N1CC[C@@]3(CCN(C(=O)C#CC(C)(C)N4CCC4)C3)C1=O)C(=O)N1CCC[C@H](N1)C(=O)OCC(C)(C)C2. The monoisotopic (exact) mass is 995 g/mol. The van der Waals surface area contributed by atoms with Gasteiger partial charge in [-0.25, -0.2) is 5.43 Å². The van der Waals surface area contributed by atoms with Crippen LogP contribution in [-0.4, -0.2) is 136 Å². The van der Waals surface area contributed by atoms with Crippen molar-refractivity contribution in [2.75, 3.05) is 53.0 Å². The van der Waals surface area contributed by atoms with Gasteiger partial charge in [-0.15, -0.1) is 0 Å². The highest BCUT2D eigenvalue weighted by molar-refractivity contribution is 5.98. The zero-order valence-electron chi connectivity index (χ0n) is 44.3. The normalized spacial score (nSPS) is 23.5. The molecule has 5 aliphatic rings. The van der Waals surface area contributed by atoms with E-state index in [4.69, 9.17) is 14.5 Å². The topological polar surface area (TPSA) is 159 Å². The van der Waals surface area contributed by atoms with Crippen LogP contribution >= 0.6 is 0 Å². The van der Waals surface area contributed by atoms with E-state index in [1.807, 2.05) is 52.8 Å². The molecule has 2 N–H and O–H groups in total. The number of hydrazine groups is 1. The Labute approximate surface area is 430 Å². The largest absolute Gasteiger partial charge is 0.464 e. The molecule has 73 heavy (non-hydrogen) atoms. The Morgan fingerprint density at radius 2 is 1.74 bits per heavy atom. The number of carbonyl (C=O) groups is 5. The highest BCUT2D eigenvalue weighted by Gasteiger charge is 2.54. The van der Waals surface area contributed by atoms with Crippen molar-refractivity contribution in [1.82, 2.24) is 40.0 Å². The molecule has 7 heterocycles. The minimum absolute atomic E-state index is 0.137. The number of rotatable bonds is 9. The summed E-state index contributed by atoms with van der Waals surface area (Å²) in [7, 11) is 1.69. The van der Waals surface area contributed by atoms with Crippen LogP contribution in [0.1, 0.15) is 110 Å².